The Morgan fingerprint density at radius 2 is 2.13 bits per heavy atom. The SMILES string of the molecule is COCC(=O)N1CCC(Oc2ccc(-n3cccn3)nn2)CC1. The first-order valence-electron chi connectivity index (χ1n) is 7.53. The van der Waals surface area contributed by atoms with E-state index in [1.165, 1.54) is 7.11 Å². The van der Waals surface area contributed by atoms with E-state index in [0.717, 1.165) is 12.8 Å². The van der Waals surface area contributed by atoms with E-state index in [0.29, 0.717) is 24.8 Å². The fourth-order valence-corrected chi connectivity index (χ4v) is 2.51. The van der Waals surface area contributed by atoms with Crippen LogP contribution in [-0.2, 0) is 9.53 Å². The highest BCUT2D eigenvalue weighted by Gasteiger charge is 2.24. The molecule has 0 N–H and O–H groups in total. The third-order valence-corrected chi connectivity index (χ3v) is 3.72. The number of nitrogens with zero attached hydrogens (tertiary/aromatic N) is 5. The van der Waals surface area contributed by atoms with Crippen molar-refractivity contribution in [2.45, 2.75) is 18.9 Å². The molecule has 3 heterocycles. The van der Waals surface area contributed by atoms with Crippen molar-refractivity contribution in [2.24, 2.45) is 0 Å². The summed E-state index contributed by atoms with van der Waals surface area (Å²) in [6, 6.07) is 5.42. The van der Waals surface area contributed by atoms with Gasteiger partial charge in [0.15, 0.2) is 5.82 Å². The molecule has 0 radical (unpaired) electrons. The molecule has 1 fully saturated rings. The Bertz CT molecular complexity index is 621. The molecular formula is C15H19N5O3. The van der Waals surface area contributed by atoms with E-state index in [1.807, 2.05) is 12.1 Å². The summed E-state index contributed by atoms with van der Waals surface area (Å²) >= 11 is 0. The number of carbonyl (C=O) groups is 1. The molecule has 122 valence electrons. The predicted octanol–water partition coefficient (Wildman–Crippen LogP) is 0.678. The lowest BCUT2D eigenvalue weighted by Gasteiger charge is -2.31. The minimum Gasteiger partial charge on any atom is -0.473 e. The highest BCUT2D eigenvalue weighted by molar-refractivity contribution is 5.77. The molecule has 1 saturated heterocycles. The van der Waals surface area contributed by atoms with Crippen LogP contribution in [0.4, 0.5) is 0 Å². The van der Waals surface area contributed by atoms with E-state index in [4.69, 9.17) is 9.47 Å². The van der Waals surface area contributed by atoms with Gasteiger partial charge in [-0.25, -0.2) is 4.68 Å². The molecule has 23 heavy (non-hydrogen) atoms. The zero-order valence-electron chi connectivity index (χ0n) is 13.0. The van der Waals surface area contributed by atoms with Gasteiger partial charge < -0.3 is 14.4 Å². The van der Waals surface area contributed by atoms with Crippen molar-refractivity contribution >= 4 is 5.91 Å². The Hall–Kier alpha value is -2.48. The molecule has 2 aromatic rings. The molecular weight excluding hydrogens is 298 g/mol. The van der Waals surface area contributed by atoms with Crippen LogP contribution in [0, 0.1) is 0 Å². The van der Waals surface area contributed by atoms with Gasteiger partial charge >= 0.3 is 0 Å². The highest BCUT2D eigenvalue weighted by Crippen LogP contribution is 2.17. The number of hydrogen-bond acceptors (Lipinski definition) is 6. The number of piperidine rings is 1. The Labute approximate surface area is 134 Å². The third-order valence-electron chi connectivity index (χ3n) is 3.72. The van der Waals surface area contributed by atoms with Crippen LogP contribution in [0.3, 0.4) is 0 Å². The minimum absolute atomic E-state index is 0.0225. The maximum absolute atomic E-state index is 11.7. The summed E-state index contributed by atoms with van der Waals surface area (Å²) in [5.41, 5.74) is 0. The van der Waals surface area contributed by atoms with Crippen LogP contribution < -0.4 is 4.74 Å². The van der Waals surface area contributed by atoms with E-state index >= 15 is 0 Å². The van der Waals surface area contributed by atoms with Gasteiger partial charge in [0.25, 0.3) is 0 Å². The lowest BCUT2D eigenvalue weighted by atomic mass is 10.1. The van der Waals surface area contributed by atoms with Gasteiger partial charge in [0.2, 0.25) is 11.8 Å². The van der Waals surface area contributed by atoms with E-state index in [1.54, 1.807) is 28.0 Å². The second kappa shape index (κ2) is 7.19. The smallest absolute Gasteiger partial charge is 0.248 e. The molecule has 0 saturated carbocycles. The van der Waals surface area contributed by atoms with Gasteiger partial charge in [-0.05, 0) is 12.1 Å². The molecule has 1 aliphatic rings. The Kier molecular flexibility index (Phi) is 4.82. The molecule has 8 nitrogen and oxygen atoms in total. The van der Waals surface area contributed by atoms with Crippen molar-refractivity contribution in [3.63, 3.8) is 0 Å². The Balaban J connectivity index is 1.52. The molecule has 1 amide bonds. The topological polar surface area (TPSA) is 82.4 Å². The van der Waals surface area contributed by atoms with Crippen molar-refractivity contribution in [1.29, 1.82) is 0 Å². The van der Waals surface area contributed by atoms with E-state index in [9.17, 15) is 4.79 Å². The predicted molar refractivity (Wildman–Crippen MR) is 81.3 cm³/mol. The molecule has 0 aliphatic carbocycles. The van der Waals surface area contributed by atoms with Gasteiger partial charge in [0.1, 0.15) is 12.7 Å². The van der Waals surface area contributed by atoms with E-state index in [-0.39, 0.29) is 18.6 Å². The lowest BCUT2D eigenvalue weighted by Crippen LogP contribution is -2.43. The van der Waals surface area contributed by atoms with Crippen LogP contribution in [0.15, 0.2) is 30.6 Å². The van der Waals surface area contributed by atoms with Gasteiger partial charge in [-0.15, -0.1) is 10.2 Å². The third kappa shape index (κ3) is 3.84. The highest BCUT2D eigenvalue weighted by atomic mass is 16.5. The monoisotopic (exact) mass is 317 g/mol. The zero-order chi connectivity index (χ0) is 16.1. The van der Waals surface area contributed by atoms with Crippen LogP contribution in [0.2, 0.25) is 0 Å². The lowest BCUT2D eigenvalue weighted by molar-refractivity contribution is -0.136. The molecule has 0 unspecified atom stereocenters. The summed E-state index contributed by atoms with van der Waals surface area (Å²) in [7, 11) is 1.53. The number of methoxy groups -OCH3 is 1. The molecule has 1 aliphatic heterocycles. The van der Waals surface area contributed by atoms with Gasteiger partial charge in [-0.2, -0.15) is 5.10 Å². The van der Waals surface area contributed by atoms with Crippen molar-refractivity contribution in [1.82, 2.24) is 24.9 Å². The summed E-state index contributed by atoms with van der Waals surface area (Å²) in [4.78, 5) is 13.5. The number of rotatable bonds is 5. The zero-order valence-corrected chi connectivity index (χ0v) is 13.0. The number of amides is 1. The summed E-state index contributed by atoms with van der Waals surface area (Å²) in [6.45, 7) is 1.48. The summed E-state index contributed by atoms with van der Waals surface area (Å²) < 4.78 is 12.4. The largest absolute Gasteiger partial charge is 0.473 e. The van der Waals surface area contributed by atoms with Crippen molar-refractivity contribution in [2.75, 3.05) is 26.8 Å². The van der Waals surface area contributed by atoms with E-state index < -0.39 is 0 Å². The van der Waals surface area contributed by atoms with E-state index in [2.05, 4.69) is 15.3 Å². The van der Waals surface area contributed by atoms with Crippen molar-refractivity contribution in [3.05, 3.63) is 30.6 Å². The van der Waals surface area contributed by atoms with Crippen LogP contribution in [-0.4, -0.2) is 63.7 Å². The molecule has 0 bridgehead atoms. The fraction of sp³-hybridized carbons (Fsp3) is 0.467. The fourth-order valence-electron chi connectivity index (χ4n) is 2.51. The van der Waals surface area contributed by atoms with Crippen LogP contribution in [0.1, 0.15) is 12.8 Å². The van der Waals surface area contributed by atoms with Crippen LogP contribution in [0.5, 0.6) is 5.88 Å². The number of aromatic nitrogens is 4. The van der Waals surface area contributed by atoms with Gasteiger partial charge in [0, 0.05) is 51.5 Å². The standard InChI is InChI=1S/C15H19N5O3/c1-22-11-15(21)19-9-5-12(6-10-19)23-14-4-3-13(17-18-14)20-8-2-7-16-20/h2-4,7-8,12H,5-6,9-11H2,1H3. The number of hydrogen-bond donors (Lipinski definition) is 0. The molecule has 2 aromatic heterocycles. The second-order valence-electron chi connectivity index (χ2n) is 5.31. The van der Waals surface area contributed by atoms with Crippen molar-refractivity contribution in [3.8, 4) is 11.7 Å². The van der Waals surface area contributed by atoms with Crippen LogP contribution in [0.25, 0.3) is 5.82 Å². The quantitative estimate of drug-likeness (QED) is 0.806. The summed E-state index contributed by atoms with van der Waals surface area (Å²) in [5, 5.41) is 12.3. The first kappa shape index (κ1) is 15.4. The van der Waals surface area contributed by atoms with Crippen LogP contribution >= 0.6 is 0 Å². The first-order valence-corrected chi connectivity index (χ1v) is 7.53. The first-order chi connectivity index (χ1) is 11.3. The molecule has 0 atom stereocenters. The average molecular weight is 317 g/mol. The average Bonchev–Trinajstić information content (AvgIpc) is 3.11. The normalized spacial score (nSPS) is 15.6. The molecule has 8 heteroatoms. The molecule has 0 aromatic carbocycles. The minimum atomic E-state index is 0.0225. The second-order valence-corrected chi connectivity index (χ2v) is 5.31. The van der Waals surface area contributed by atoms with Gasteiger partial charge in [-0.3, -0.25) is 4.79 Å². The maximum Gasteiger partial charge on any atom is 0.248 e. The number of ether oxygens (including phenoxy) is 2. The molecule has 0 spiro atoms. The number of carbonyl (C=O) groups excluding carboxylic acids is 1. The van der Waals surface area contributed by atoms with Crippen molar-refractivity contribution < 1.29 is 14.3 Å². The Morgan fingerprint density at radius 1 is 1.30 bits per heavy atom. The molecule has 3 rings (SSSR count). The summed E-state index contributed by atoms with van der Waals surface area (Å²) in [5.74, 6) is 1.15. The van der Waals surface area contributed by atoms with Gasteiger partial charge in [0.05, 0.1) is 0 Å². The summed E-state index contributed by atoms with van der Waals surface area (Å²) in [6.07, 6.45) is 5.09. The van der Waals surface area contributed by atoms with Gasteiger partial charge in [-0.1, -0.05) is 0 Å². The Morgan fingerprint density at radius 3 is 2.74 bits per heavy atom. The maximum atomic E-state index is 11.7. The number of likely N-dealkylation sites (tertiary alicyclic amines) is 1.